The summed E-state index contributed by atoms with van der Waals surface area (Å²) in [4.78, 5) is 27.3. The maximum absolute atomic E-state index is 12.7. The van der Waals surface area contributed by atoms with Gasteiger partial charge >= 0.3 is 0 Å². The summed E-state index contributed by atoms with van der Waals surface area (Å²) < 4.78 is 0. The number of nitrogens with two attached hydrogens (primary N) is 1. The van der Waals surface area contributed by atoms with Gasteiger partial charge in [-0.2, -0.15) is 0 Å². The minimum Gasteiger partial charge on any atom is -0.338 e. The van der Waals surface area contributed by atoms with Crippen molar-refractivity contribution in [3.8, 4) is 0 Å². The molecule has 1 atom stereocenters. The molecule has 6 heteroatoms. The van der Waals surface area contributed by atoms with Crippen molar-refractivity contribution in [2.75, 3.05) is 18.4 Å². The Labute approximate surface area is 151 Å². The van der Waals surface area contributed by atoms with E-state index in [4.69, 9.17) is 5.73 Å². The first kappa shape index (κ1) is 17.6. The number of hydrogen-bond donors (Lipinski definition) is 2. The van der Waals surface area contributed by atoms with E-state index >= 15 is 0 Å². The molecule has 0 bridgehead atoms. The molecular formula is C19H23N3O2S. The zero-order chi connectivity index (χ0) is 18.0. The maximum atomic E-state index is 12.7. The van der Waals surface area contributed by atoms with E-state index in [0.717, 1.165) is 6.42 Å². The summed E-state index contributed by atoms with van der Waals surface area (Å²) in [6.45, 7) is 5.53. The van der Waals surface area contributed by atoms with Gasteiger partial charge in [0.15, 0.2) is 0 Å². The average molecular weight is 357 g/mol. The van der Waals surface area contributed by atoms with E-state index in [0.29, 0.717) is 29.2 Å². The molecule has 1 aliphatic heterocycles. The Morgan fingerprint density at radius 1 is 1.24 bits per heavy atom. The molecule has 1 aliphatic rings. The molecular weight excluding hydrogens is 334 g/mol. The zero-order valence-corrected chi connectivity index (χ0v) is 15.3. The van der Waals surface area contributed by atoms with E-state index in [9.17, 15) is 9.59 Å². The van der Waals surface area contributed by atoms with Gasteiger partial charge in [-0.3, -0.25) is 9.59 Å². The topological polar surface area (TPSA) is 75.4 Å². The highest BCUT2D eigenvalue weighted by Gasteiger charge is 2.35. The molecule has 1 fully saturated rings. The smallest absolute Gasteiger partial charge is 0.265 e. The number of nitrogens with one attached hydrogen (secondary N) is 1. The lowest BCUT2D eigenvalue weighted by atomic mass is 9.79. The molecule has 132 valence electrons. The van der Waals surface area contributed by atoms with Gasteiger partial charge in [-0.25, -0.2) is 0 Å². The summed E-state index contributed by atoms with van der Waals surface area (Å²) in [7, 11) is 0. The van der Waals surface area contributed by atoms with Gasteiger partial charge in [0, 0.05) is 30.4 Å². The van der Waals surface area contributed by atoms with Gasteiger partial charge in [0.25, 0.3) is 11.8 Å². The SMILES string of the molecule is CC1(C)CN(C(=O)c2ccc(NC(=O)c3cccs3)cc2)CCC1N. The summed E-state index contributed by atoms with van der Waals surface area (Å²) in [6.07, 6.45) is 0.813. The Hall–Kier alpha value is -2.18. The van der Waals surface area contributed by atoms with E-state index in [2.05, 4.69) is 19.2 Å². The molecule has 0 radical (unpaired) electrons. The lowest BCUT2D eigenvalue weighted by Crippen LogP contribution is -2.53. The third-order valence-electron chi connectivity index (χ3n) is 4.73. The van der Waals surface area contributed by atoms with Crippen LogP contribution < -0.4 is 11.1 Å². The molecule has 1 saturated heterocycles. The lowest BCUT2D eigenvalue weighted by Gasteiger charge is -2.42. The van der Waals surface area contributed by atoms with E-state index in [1.807, 2.05) is 16.3 Å². The first-order valence-electron chi connectivity index (χ1n) is 8.36. The first-order chi connectivity index (χ1) is 11.9. The predicted molar refractivity (Wildman–Crippen MR) is 101 cm³/mol. The van der Waals surface area contributed by atoms with Crippen LogP contribution in [-0.2, 0) is 0 Å². The largest absolute Gasteiger partial charge is 0.338 e. The molecule has 0 saturated carbocycles. The fourth-order valence-electron chi connectivity index (χ4n) is 3.03. The molecule has 0 spiro atoms. The lowest BCUT2D eigenvalue weighted by molar-refractivity contribution is 0.0533. The summed E-state index contributed by atoms with van der Waals surface area (Å²) in [5.74, 6) is -0.128. The van der Waals surface area contributed by atoms with Gasteiger partial charge in [0.05, 0.1) is 4.88 Å². The number of carbonyl (C=O) groups is 2. The van der Waals surface area contributed by atoms with Crippen LogP contribution in [0.3, 0.4) is 0 Å². The predicted octanol–water partition coefficient (Wildman–Crippen LogP) is 3.20. The average Bonchev–Trinajstić information content (AvgIpc) is 3.12. The van der Waals surface area contributed by atoms with Gasteiger partial charge in [-0.1, -0.05) is 19.9 Å². The highest BCUT2D eigenvalue weighted by molar-refractivity contribution is 7.12. The summed E-state index contributed by atoms with van der Waals surface area (Å²) >= 11 is 1.39. The van der Waals surface area contributed by atoms with Crippen LogP contribution in [0.2, 0.25) is 0 Å². The number of piperidine rings is 1. The van der Waals surface area contributed by atoms with Gasteiger partial charge in [-0.15, -0.1) is 11.3 Å². The molecule has 3 rings (SSSR count). The second kappa shape index (κ2) is 6.98. The number of rotatable bonds is 3. The van der Waals surface area contributed by atoms with E-state index in [1.165, 1.54) is 11.3 Å². The van der Waals surface area contributed by atoms with Crippen molar-refractivity contribution in [1.82, 2.24) is 4.90 Å². The third kappa shape index (κ3) is 3.91. The molecule has 2 amide bonds. The third-order valence-corrected chi connectivity index (χ3v) is 5.60. The zero-order valence-electron chi connectivity index (χ0n) is 14.5. The van der Waals surface area contributed by atoms with E-state index < -0.39 is 0 Å². The monoisotopic (exact) mass is 357 g/mol. The summed E-state index contributed by atoms with van der Waals surface area (Å²) in [5.41, 5.74) is 7.36. The van der Waals surface area contributed by atoms with Gasteiger partial charge in [0.1, 0.15) is 0 Å². The number of benzene rings is 1. The number of thiophene rings is 1. The number of hydrogen-bond acceptors (Lipinski definition) is 4. The Kier molecular flexibility index (Phi) is 4.92. The number of likely N-dealkylation sites (tertiary alicyclic amines) is 1. The number of amides is 2. The van der Waals surface area contributed by atoms with Crippen molar-refractivity contribution in [1.29, 1.82) is 0 Å². The van der Waals surface area contributed by atoms with Crippen LogP contribution >= 0.6 is 11.3 Å². The number of nitrogens with zero attached hydrogens (tertiary/aromatic N) is 1. The van der Waals surface area contributed by atoms with Crippen LogP contribution in [0, 0.1) is 5.41 Å². The molecule has 3 N–H and O–H groups in total. The highest BCUT2D eigenvalue weighted by Crippen LogP contribution is 2.28. The Bertz CT molecular complexity index is 753. The second-order valence-corrected chi connectivity index (χ2v) is 8.07. The highest BCUT2D eigenvalue weighted by atomic mass is 32.1. The fraction of sp³-hybridized carbons (Fsp3) is 0.368. The van der Waals surface area contributed by atoms with Crippen LogP contribution in [0.4, 0.5) is 5.69 Å². The van der Waals surface area contributed by atoms with Crippen molar-refractivity contribution in [2.45, 2.75) is 26.3 Å². The Morgan fingerprint density at radius 3 is 2.56 bits per heavy atom. The Balaban J connectivity index is 1.66. The Morgan fingerprint density at radius 2 is 1.96 bits per heavy atom. The normalized spacial score (nSPS) is 19.5. The first-order valence-corrected chi connectivity index (χ1v) is 9.24. The molecule has 0 aliphatic carbocycles. The van der Waals surface area contributed by atoms with Crippen LogP contribution in [0.25, 0.3) is 0 Å². The van der Waals surface area contributed by atoms with E-state index in [-0.39, 0.29) is 23.3 Å². The minimum atomic E-state index is -0.138. The summed E-state index contributed by atoms with van der Waals surface area (Å²) in [6, 6.07) is 10.8. The summed E-state index contributed by atoms with van der Waals surface area (Å²) in [5, 5.41) is 4.70. The standard InChI is InChI=1S/C19H23N3O2S/c1-19(2)12-22(10-9-16(19)20)18(24)13-5-7-14(8-6-13)21-17(23)15-4-3-11-25-15/h3-8,11,16H,9-10,12,20H2,1-2H3,(H,21,23). The van der Waals surface area contributed by atoms with Crippen molar-refractivity contribution in [3.05, 3.63) is 52.2 Å². The molecule has 2 aromatic rings. The second-order valence-electron chi connectivity index (χ2n) is 7.12. The molecule has 1 unspecified atom stereocenters. The van der Waals surface area contributed by atoms with Crippen molar-refractivity contribution < 1.29 is 9.59 Å². The minimum absolute atomic E-state index is 0.0103. The number of anilines is 1. The van der Waals surface area contributed by atoms with Crippen LogP contribution in [-0.4, -0.2) is 35.8 Å². The van der Waals surface area contributed by atoms with Crippen molar-refractivity contribution >= 4 is 28.8 Å². The molecule has 25 heavy (non-hydrogen) atoms. The maximum Gasteiger partial charge on any atom is 0.265 e. The fourth-order valence-corrected chi connectivity index (χ4v) is 3.65. The van der Waals surface area contributed by atoms with Gasteiger partial charge in [0.2, 0.25) is 0 Å². The van der Waals surface area contributed by atoms with Gasteiger partial charge in [-0.05, 0) is 47.5 Å². The van der Waals surface area contributed by atoms with Gasteiger partial charge < -0.3 is 16.0 Å². The number of carbonyl (C=O) groups excluding carboxylic acids is 2. The molecule has 1 aromatic carbocycles. The van der Waals surface area contributed by atoms with Crippen molar-refractivity contribution in [3.63, 3.8) is 0 Å². The van der Waals surface area contributed by atoms with Crippen LogP contribution in [0.1, 0.15) is 40.3 Å². The molecule has 2 heterocycles. The van der Waals surface area contributed by atoms with Crippen molar-refractivity contribution in [2.24, 2.45) is 11.1 Å². The molecule has 1 aromatic heterocycles. The quantitative estimate of drug-likeness (QED) is 0.886. The van der Waals surface area contributed by atoms with E-state index in [1.54, 1.807) is 30.3 Å². The van der Waals surface area contributed by atoms with Crippen LogP contribution in [0.15, 0.2) is 41.8 Å². The molecule has 5 nitrogen and oxygen atoms in total. The van der Waals surface area contributed by atoms with Crippen LogP contribution in [0.5, 0.6) is 0 Å².